The molecule has 0 atom stereocenters. The third kappa shape index (κ3) is 3.02. The zero-order valence-corrected chi connectivity index (χ0v) is 13.0. The summed E-state index contributed by atoms with van der Waals surface area (Å²) in [5.41, 5.74) is 2.39. The zero-order chi connectivity index (χ0) is 14.7. The largest absolute Gasteiger partial charge is 0.508 e. The first-order valence-corrected chi connectivity index (χ1v) is 7.19. The molecule has 0 spiro atoms. The van der Waals surface area contributed by atoms with Crippen LogP contribution in [0.4, 0.5) is 5.69 Å². The second-order valence-electron chi connectivity index (χ2n) is 4.53. The fourth-order valence-electron chi connectivity index (χ4n) is 1.99. The van der Waals surface area contributed by atoms with Crippen molar-refractivity contribution in [3.63, 3.8) is 0 Å². The lowest BCUT2D eigenvalue weighted by molar-refractivity contribution is 0.0988. The summed E-state index contributed by atoms with van der Waals surface area (Å²) in [5.74, 6) is 0.0673. The summed E-state index contributed by atoms with van der Waals surface area (Å²) < 4.78 is 0.912. The van der Waals surface area contributed by atoms with Crippen LogP contribution in [0.15, 0.2) is 46.9 Å². The number of rotatable bonds is 3. The van der Waals surface area contributed by atoms with Gasteiger partial charge in [-0.25, -0.2) is 0 Å². The van der Waals surface area contributed by atoms with Crippen molar-refractivity contribution in [2.75, 3.05) is 11.4 Å². The molecule has 0 heterocycles. The zero-order valence-electron chi connectivity index (χ0n) is 11.4. The molecule has 0 aliphatic carbocycles. The number of hydrogen-bond donors (Lipinski definition) is 1. The third-order valence-corrected chi connectivity index (χ3v) is 3.98. The monoisotopic (exact) mass is 333 g/mol. The van der Waals surface area contributed by atoms with Crippen LogP contribution in [0.3, 0.4) is 0 Å². The van der Waals surface area contributed by atoms with Gasteiger partial charge in [0, 0.05) is 28.3 Å². The van der Waals surface area contributed by atoms with Crippen LogP contribution in [-0.4, -0.2) is 17.6 Å². The second kappa shape index (κ2) is 6.09. The molecule has 0 radical (unpaired) electrons. The molecular formula is C16H16BrNO2. The van der Waals surface area contributed by atoms with E-state index in [9.17, 15) is 9.90 Å². The van der Waals surface area contributed by atoms with E-state index in [1.165, 1.54) is 0 Å². The Labute approximate surface area is 127 Å². The molecule has 0 aromatic heterocycles. The van der Waals surface area contributed by atoms with Gasteiger partial charge in [0.05, 0.1) is 0 Å². The van der Waals surface area contributed by atoms with Gasteiger partial charge in [0.15, 0.2) is 0 Å². The van der Waals surface area contributed by atoms with Gasteiger partial charge in [-0.2, -0.15) is 0 Å². The van der Waals surface area contributed by atoms with E-state index in [1.54, 1.807) is 23.1 Å². The van der Waals surface area contributed by atoms with Crippen molar-refractivity contribution in [3.8, 4) is 5.75 Å². The highest BCUT2D eigenvalue weighted by atomic mass is 79.9. The van der Waals surface area contributed by atoms with Gasteiger partial charge in [-0.05, 0) is 43.7 Å². The smallest absolute Gasteiger partial charge is 0.258 e. The van der Waals surface area contributed by atoms with Gasteiger partial charge in [0.25, 0.3) is 5.91 Å². The molecule has 1 amide bonds. The summed E-state index contributed by atoms with van der Waals surface area (Å²) in [7, 11) is 0. The molecule has 0 aliphatic heterocycles. The summed E-state index contributed by atoms with van der Waals surface area (Å²) in [4.78, 5) is 14.2. The average Bonchev–Trinajstić information content (AvgIpc) is 2.42. The molecule has 0 saturated carbocycles. The van der Waals surface area contributed by atoms with Crippen molar-refractivity contribution in [3.05, 3.63) is 58.1 Å². The van der Waals surface area contributed by atoms with E-state index in [4.69, 9.17) is 0 Å². The molecule has 104 valence electrons. The minimum absolute atomic E-state index is 0.0844. The number of halogens is 1. The summed E-state index contributed by atoms with van der Waals surface area (Å²) in [6.07, 6.45) is 0. The summed E-state index contributed by atoms with van der Waals surface area (Å²) >= 11 is 3.44. The minimum atomic E-state index is -0.0844. The summed E-state index contributed by atoms with van der Waals surface area (Å²) in [6, 6.07) is 12.3. The molecule has 3 nitrogen and oxygen atoms in total. The Morgan fingerprint density at radius 3 is 2.60 bits per heavy atom. The normalized spacial score (nSPS) is 10.3. The maximum atomic E-state index is 12.6. The van der Waals surface area contributed by atoms with Gasteiger partial charge in [-0.15, -0.1) is 0 Å². The van der Waals surface area contributed by atoms with Gasteiger partial charge in [-0.1, -0.05) is 28.1 Å². The average molecular weight is 334 g/mol. The maximum absolute atomic E-state index is 12.6. The van der Waals surface area contributed by atoms with E-state index >= 15 is 0 Å². The second-order valence-corrected chi connectivity index (χ2v) is 5.39. The highest BCUT2D eigenvalue weighted by Crippen LogP contribution is 2.23. The van der Waals surface area contributed by atoms with Gasteiger partial charge in [0.2, 0.25) is 0 Å². The molecule has 0 bridgehead atoms. The predicted octanol–water partition coefficient (Wildman–Crippen LogP) is 4.13. The van der Waals surface area contributed by atoms with Crippen LogP contribution in [0.1, 0.15) is 22.8 Å². The molecule has 0 unspecified atom stereocenters. The highest BCUT2D eigenvalue weighted by Gasteiger charge is 2.17. The standard InChI is InChI=1S/C16H16BrNO2/c1-3-18(13-5-4-6-14(19)10-13)16(20)12-8-7-11(2)15(17)9-12/h4-10,19H,3H2,1-2H3. The molecule has 2 rings (SSSR count). The Bertz CT molecular complexity index is 640. The number of aromatic hydroxyl groups is 1. The Balaban J connectivity index is 2.36. The highest BCUT2D eigenvalue weighted by molar-refractivity contribution is 9.10. The van der Waals surface area contributed by atoms with Crippen molar-refractivity contribution < 1.29 is 9.90 Å². The number of amides is 1. The fourth-order valence-corrected chi connectivity index (χ4v) is 2.36. The van der Waals surface area contributed by atoms with Gasteiger partial charge in [-0.3, -0.25) is 4.79 Å². The Kier molecular flexibility index (Phi) is 4.45. The molecule has 4 heteroatoms. The van der Waals surface area contributed by atoms with E-state index in [0.29, 0.717) is 17.8 Å². The topological polar surface area (TPSA) is 40.5 Å². The van der Waals surface area contributed by atoms with Crippen LogP contribution in [0.5, 0.6) is 5.75 Å². The van der Waals surface area contributed by atoms with Crippen LogP contribution >= 0.6 is 15.9 Å². The number of anilines is 1. The minimum Gasteiger partial charge on any atom is -0.508 e. The van der Waals surface area contributed by atoms with E-state index in [-0.39, 0.29) is 11.7 Å². The Hall–Kier alpha value is -1.81. The lowest BCUT2D eigenvalue weighted by atomic mass is 10.1. The number of nitrogens with zero attached hydrogens (tertiary/aromatic N) is 1. The molecule has 0 fully saturated rings. The Morgan fingerprint density at radius 2 is 2.00 bits per heavy atom. The number of hydrogen-bond acceptors (Lipinski definition) is 2. The van der Waals surface area contributed by atoms with E-state index in [1.807, 2.05) is 38.1 Å². The molecular weight excluding hydrogens is 318 g/mol. The lowest BCUT2D eigenvalue weighted by Gasteiger charge is -2.21. The molecule has 1 N–H and O–H groups in total. The number of phenolic OH excluding ortho intramolecular Hbond substituents is 1. The number of carbonyl (C=O) groups excluding carboxylic acids is 1. The summed E-state index contributed by atoms with van der Waals surface area (Å²) in [6.45, 7) is 4.42. The van der Waals surface area contributed by atoms with Crippen molar-refractivity contribution in [2.24, 2.45) is 0 Å². The lowest BCUT2D eigenvalue weighted by Crippen LogP contribution is -2.30. The molecule has 0 saturated heterocycles. The summed E-state index contributed by atoms with van der Waals surface area (Å²) in [5, 5.41) is 9.54. The van der Waals surface area contributed by atoms with Gasteiger partial charge >= 0.3 is 0 Å². The first-order valence-electron chi connectivity index (χ1n) is 6.40. The molecule has 0 aliphatic rings. The fraction of sp³-hybridized carbons (Fsp3) is 0.188. The molecule has 2 aromatic rings. The maximum Gasteiger partial charge on any atom is 0.258 e. The third-order valence-electron chi connectivity index (χ3n) is 3.12. The van der Waals surface area contributed by atoms with Crippen molar-refractivity contribution in [1.82, 2.24) is 0 Å². The first kappa shape index (κ1) is 14.6. The number of phenols is 1. The number of benzene rings is 2. The van der Waals surface area contributed by atoms with Crippen LogP contribution < -0.4 is 4.90 Å². The van der Waals surface area contributed by atoms with Crippen molar-refractivity contribution in [1.29, 1.82) is 0 Å². The van der Waals surface area contributed by atoms with E-state index < -0.39 is 0 Å². The van der Waals surface area contributed by atoms with E-state index in [2.05, 4.69) is 15.9 Å². The molecule has 20 heavy (non-hydrogen) atoms. The van der Waals surface area contributed by atoms with Gasteiger partial charge in [0.1, 0.15) is 5.75 Å². The van der Waals surface area contributed by atoms with Gasteiger partial charge < -0.3 is 10.0 Å². The van der Waals surface area contributed by atoms with E-state index in [0.717, 1.165) is 10.0 Å². The molecule has 2 aromatic carbocycles. The Morgan fingerprint density at radius 1 is 1.25 bits per heavy atom. The quantitative estimate of drug-likeness (QED) is 0.917. The number of aryl methyl sites for hydroxylation is 1. The van der Waals surface area contributed by atoms with Crippen molar-refractivity contribution >= 4 is 27.5 Å². The number of carbonyl (C=O) groups is 1. The predicted molar refractivity (Wildman–Crippen MR) is 84.3 cm³/mol. The van der Waals surface area contributed by atoms with Crippen LogP contribution in [0, 0.1) is 6.92 Å². The van der Waals surface area contributed by atoms with Crippen LogP contribution in [-0.2, 0) is 0 Å². The van der Waals surface area contributed by atoms with Crippen LogP contribution in [0.2, 0.25) is 0 Å². The van der Waals surface area contributed by atoms with Crippen LogP contribution in [0.25, 0.3) is 0 Å². The van der Waals surface area contributed by atoms with Crippen molar-refractivity contribution in [2.45, 2.75) is 13.8 Å². The SMILES string of the molecule is CCN(C(=O)c1ccc(C)c(Br)c1)c1cccc(O)c1. The first-order chi connectivity index (χ1) is 9.52.